The molecule has 3 rings (SSSR count). The molecule has 0 aliphatic heterocycles. The average Bonchev–Trinajstić information content (AvgIpc) is 2.70. The Hall–Kier alpha value is -3.42. The van der Waals surface area contributed by atoms with Gasteiger partial charge in [0.1, 0.15) is 23.7 Å². The molecule has 1 aromatic heterocycles. The molecule has 1 aliphatic carbocycles. The number of ether oxygens (including phenoxy) is 1. The van der Waals surface area contributed by atoms with Gasteiger partial charge in [-0.1, -0.05) is 19.3 Å². The van der Waals surface area contributed by atoms with E-state index in [4.69, 9.17) is 15.9 Å². The number of benzene rings is 1. The minimum Gasteiger partial charge on any atom is -0.507 e. The molecule has 146 valence electrons. The average molecular weight is 381 g/mol. The summed E-state index contributed by atoms with van der Waals surface area (Å²) in [5.41, 5.74) is 7.33. The molecule has 0 bridgehead atoms. The molecule has 1 saturated carbocycles. The van der Waals surface area contributed by atoms with E-state index >= 15 is 0 Å². The molecular weight excluding hydrogens is 358 g/mol. The predicted octanol–water partition coefficient (Wildman–Crippen LogP) is 3.19. The van der Waals surface area contributed by atoms with Gasteiger partial charge in [-0.25, -0.2) is 9.79 Å². The Kier molecular flexibility index (Phi) is 6.21. The molecule has 5 N–H and O–H groups in total. The van der Waals surface area contributed by atoms with E-state index in [1.807, 2.05) is 0 Å². The quantitative estimate of drug-likeness (QED) is 0.466. The second-order valence-electron chi connectivity index (χ2n) is 6.65. The number of phenolic OH excluding ortho intramolecular Hbond substituents is 1. The van der Waals surface area contributed by atoms with Crippen LogP contribution in [0.2, 0.25) is 0 Å². The van der Waals surface area contributed by atoms with E-state index in [1.54, 1.807) is 18.3 Å². The highest BCUT2D eigenvalue weighted by atomic mass is 16.6. The van der Waals surface area contributed by atoms with Crippen molar-refractivity contribution in [1.29, 1.82) is 5.41 Å². The fraction of sp³-hybridized carbons (Fsp3) is 0.300. The summed E-state index contributed by atoms with van der Waals surface area (Å²) in [7, 11) is 0. The number of carbonyl (C=O) groups is 1. The van der Waals surface area contributed by atoms with Crippen LogP contribution in [0.15, 0.2) is 41.7 Å². The second kappa shape index (κ2) is 8.98. The fourth-order valence-corrected chi connectivity index (χ4v) is 3.23. The van der Waals surface area contributed by atoms with Gasteiger partial charge in [0.05, 0.1) is 0 Å². The first-order chi connectivity index (χ1) is 13.6. The van der Waals surface area contributed by atoms with E-state index in [2.05, 4.69) is 15.3 Å². The van der Waals surface area contributed by atoms with Gasteiger partial charge < -0.3 is 20.9 Å². The molecular formula is C20H23N5O3. The second-order valence-corrected chi connectivity index (χ2v) is 6.65. The number of amidine groups is 1. The van der Waals surface area contributed by atoms with E-state index in [9.17, 15) is 9.90 Å². The van der Waals surface area contributed by atoms with Crippen molar-refractivity contribution in [1.82, 2.24) is 10.3 Å². The molecule has 2 aromatic rings. The summed E-state index contributed by atoms with van der Waals surface area (Å²) < 4.78 is 5.39. The highest BCUT2D eigenvalue weighted by Crippen LogP contribution is 2.32. The number of hydrogen-bond donors (Lipinski definition) is 4. The number of aliphatic imine (C=N–C) groups is 1. The lowest BCUT2D eigenvalue weighted by Crippen LogP contribution is -2.37. The Labute approximate surface area is 163 Å². The van der Waals surface area contributed by atoms with E-state index in [0.717, 1.165) is 32.0 Å². The van der Waals surface area contributed by atoms with Gasteiger partial charge in [-0.2, -0.15) is 0 Å². The number of nitrogens with zero attached hydrogens (tertiary/aromatic N) is 2. The number of amides is 1. The molecule has 0 saturated heterocycles. The van der Waals surface area contributed by atoms with Crippen LogP contribution in [0.25, 0.3) is 11.1 Å². The lowest BCUT2D eigenvalue weighted by atomic mass is 9.96. The molecule has 8 heteroatoms. The van der Waals surface area contributed by atoms with Crippen molar-refractivity contribution in [3.63, 3.8) is 0 Å². The maximum Gasteiger partial charge on any atom is 0.412 e. The highest BCUT2D eigenvalue weighted by molar-refractivity contribution is 6.01. The zero-order valence-corrected chi connectivity index (χ0v) is 15.4. The summed E-state index contributed by atoms with van der Waals surface area (Å²) in [6.07, 6.45) is 8.78. The van der Waals surface area contributed by atoms with Crippen molar-refractivity contribution >= 4 is 18.3 Å². The monoisotopic (exact) mass is 381 g/mol. The lowest BCUT2D eigenvalue weighted by Gasteiger charge is -2.22. The van der Waals surface area contributed by atoms with E-state index in [1.165, 1.54) is 24.8 Å². The fourth-order valence-electron chi connectivity index (χ4n) is 3.23. The zero-order chi connectivity index (χ0) is 19.9. The number of pyridine rings is 1. The Morgan fingerprint density at radius 2 is 2.07 bits per heavy atom. The van der Waals surface area contributed by atoms with Gasteiger partial charge in [-0.3, -0.25) is 10.4 Å². The Bertz CT molecular complexity index is 891. The first-order valence-corrected chi connectivity index (χ1v) is 9.16. The molecule has 1 fully saturated rings. The molecule has 0 atom stereocenters. The van der Waals surface area contributed by atoms with Crippen molar-refractivity contribution in [3.8, 4) is 22.6 Å². The summed E-state index contributed by atoms with van der Waals surface area (Å²) in [4.78, 5) is 20.0. The van der Waals surface area contributed by atoms with Crippen molar-refractivity contribution in [2.75, 3.05) is 0 Å². The van der Waals surface area contributed by atoms with E-state index < -0.39 is 6.09 Å². The summed E-state index contributed by atoms with van der Waals surface area (Å²) in [5, 5.41) is 20.1. The smallest absolute Gasteiger partial charge is 0.412 e. The molecule has 8 nitrogen and oxygen atoms in total. The van der Waals surface area contributed by atoms with Gasteiger partial charge in [-0.15, -0.1) is 0 Å². The van der Waals surface area contributed by atoms with Crippen molar-refractivity contribution in [2.24, 2.45) is 10.7 Å². The van der Waals surface area contributed by atoms with Gasteiger partial charge in [0.2, 0.25) is 0 Å². The molecule has 0 radical (unpaired) electrons. The van der Waals surface area contributed by atoms with Crippen LogP contribution in [0.5, 0.6) is 11.5 Å². The van der Waals surface area contributed by atoms with Crippen LogP contribution in [0, 0.1) is 5.41 Å². The van der Waals surface area contributed by atoms with Crippen LogP contribution in [0.1, 0.15) is 37.7 Å². The highest BCUT2D eigenvalue weighted by Gasteiger charge is 2.17. The van der Waals surface area contributed by atoms with Crippen molar-refractivity contribution in [3.05, 3.63) is 42.2 Å². The van der Waals surface area contributed by atoms with Gasteiger partial charge in [-0.05, 0) is 37.1 Å². The third-order valence-corrected chi connectivity index (χ3v) is 4.65. The molecule has 0 spiro atoms. The third kappa shape index (κ3) is 4.85. The molecule has 0 unspecified atom stereocenters. The Morgan fingerprint density at radius 3 is 2.82 bits per heavy atom. The number of aromatic nitrogens is 1. The Balaban J connectivity index is 1.78. The minimum atomic E-state index is -0.502. The maximum atomic E-state index is 12.2. The zero-order valence-electron chi connectivity index (χ0n) is 15.4. The summed E-state index contributed by atoms with van der Waals surface area (Å²) in [5.74, 6) is 0.470. The number of hydrogen-bond acceptors (Lipinski definition) is 5. The number of phenols is 1. The van der Waals surface area contributed by atoms with Crippen LogP contribution in [-0.4, -0.2) is 34.4 Å². The van der Waals surface area contributed by atoms with Gasteiger partial charge in [0, 0.05) is 35.1 Å². The number of rotatable bonds is 5. The van der Waals surface area contributed by atoms with Gasteiger partial charge in [0.15, 0.2) is 0 Å². The standard InChI is InChI=1S/C20H23N5O3/c21-12-24-19(22)14-8-13(10-23-11-14)17-9-16(6-7-18(17)26)28-20(27)25-15-4-2-1-3-5-15/h6-12,15,26H,1-5H2,(H,25,27)(H3,21,22,24). The van der Waals surface area contributed by atoms with Crippen LogP contribution >= 0.6 is 0 Å². The summed E-state index contributed by atoms with van der Waals surface area (Å²) in [6.45, 7) is 0. The first kappa shape index (κ1) is 19.3. The van der Waals surface area contributed by atoms with Gasteiger partial charge in [0.25, 0.3) is 0 Å². The van der Waals surface area contributed by atoms with E-state index in [-0.39, 0.29) is 17.6 Å². The SMILES string of the molecule is N=CN=C(N)c1cncc(-c2cc(OC(=O)NC3CCCCC3)ccc2O)c1. The lowest BCUT2D eigenvalue weighted by molar-refractivity contribution is 0.192. The normalized spacial score (nSPS) is 15.1. The predicted molar refractivity (Wildman–Crippen MR) is 107 cm³/mol. The number of nitrogens with two attached hydrogens (primary N) is 1. The van der Waals surface area contributed by atoms with Crippen LogP contribution in [0.3, 0.4) is 0 Å². The van der Waals surface area contributed by atoms with Crippen molar-refractivity contribution in [2.45, 2.75) is 38.1 Å². The molecule has 1 heterocycles. The topological polar surface area (TPSA) is 134 Å². The van der Waals surface area contributed by atoms with Gasteiger partial charge >= 0.3 is 6.09 Å². The Morgan fingerprint density at radius 1 is 1.29 bits per heavy atom. The van der Waals surface area contributed by atoms with Crippen LogP contribution in [0.4, 0.5) is 4.79 Å². The largest absolute Gasteiger partial charge is 0.507 e. The van der Waals surface area contributed by atoms with Crippen molar-refractivity contribution < 1.29 is 14.6 Å². The molecule has 1 amide bonds. The molecule has 1 aliphatic rings. The summed E-state index contributed by atoms with van der Waals surface area (Å²) in [6, 6.07) is 6.40. The minimum absolute atomic E-state index is 0.0153. The van der Waals surface area contributed by atoms with Crippen LogP contribution < -0.4 is 15.8 Å². The number of carbonyl (C=O) groups excluding carboxylic acids is 1. The van der Waals surface area contributed by atoms with Crippen LogP contribution in [-0.2, 0) is 0 Å². The number of aromatic hydroxyl groups is 1. The summed E-state index contributed by atoms with van der Waals surface area (Å²) >= 11 is 0. The first-order valence-electron chi connectivity index (χ1n) is 9.16. The number of nitrogens with one attached hydrogen (secondary N) is 2. The van der Waals surface area contributed by atoms with E-state index in [0.29, 0.717) is 22.4 Å². The maximum absolute atomic E-state index is 12.2. The third-order valence-electron chi connectivity index (χ3n) is 4.65. The molecule has 1 aromatic carbocycles. The molecule has 28 heavy (non-hydrogen) atoms.